The minimum absolute atomic E-state index is 0.191. The first-order valence-corrected chi connectivity index (χ1v) is 6.54. The minimum atomic E-state index is -0.191. The number of hydrogen-bond acceptors (Lipinski definition) is 0. The molecule has 2 aromatic rings. The molecule has 0 spiro atoms. The lowest BCUT2D eigenvalue weighted by Crippen LogP contribution is -1.86. The van der Waals surface area contributed by atoms with E-state index in [0.717, 1.165) is 18.4 Å². The van der Waals surface area contributed by atoms with Crippen molar-refractivity contribution >= 4 is 26.8 Å². The van der Waals surface area contributed by atoms with Crippen LogP contribution in [0, 0.1) is 5.82 Å². The monoisotopic (exact) mass is 281 g/mol. The molecule has 0 saturated heterocycles. The third kappa shape index (κ3) is 1.49. The predicted octanol–water partition coefficient (Wildman–Crippen LogP) is 4.34. The molecular weight excluding hydrogens is 269 g/mol. The number of aromatic amines is 1. The van der Waals surface area contributed by atoms with Gasteiger partial charge in [-0.3, -0.25) is 0 Å². The fraction of sp³-hybridized carbons (Fsp3) is 0.385. The number of aromatic nitrogens is 1. The van der Waals surface area contributed by atoms with E-state index in [1.165, 1.54) is 35.9 Å². The van der Waals surface area contributed by atoms with Crippen molar-refractivity contribution in [2.75, 3.05) is 0 Å². The third-order valence-electron chi connectivity index (χ3n) is 3.41. The molecule has 0 bridgehead atoms. The lowest BCUT2D eigenvalue weighted by Gasteiger charge is -1.99. The van der Waals surface area contributed by atoms with Gasteiger partial charge < -0.3 is 4.98 Å². The molecular formula is C13H13BrFN. The normalized spacial score (nSPS) is 16.1. The molecule has 0 radical (unpaired) electrons. The second-order valence-electron chi connectivity index (χ2n) is 4.43. The topological polar surface area (TPSA) is 15.8 Å². The molecule has 0 fully saturated rings. The van der Waals surface area contributed by atoms with Gasteiger partial charge in [-0.2, -0.15) is 0 Å². The van der Waals surface area contributed by atoms with E-state index >= 15 is 0 Å². The number of fused-ring (bicyclic) bond motifs is 3. The largest absolute Gasteiger partial charge is 0.357 e. The van der Waals surface area contributed by atoms with Crippen LogP contribution in [0.1, 0.15) is 30.5 Å². The van der Waals surface area contributed by atoms with Crippen LogP contribution in [-0.4, -0.2) is 4.98 Å². The third-order valence-corrected chi connectivity index (χ3v) is 4.19. The van der Waals surface area contributed by atoms with E-state index in [0.29, 0.717) is 4.47 Å². The first kappa shape index (κ1) is 10.3. The second-order valence-corrected chi connectivity index (χ2v) is 5.22. The van der Waals surface area contributed by atoms with E-state index in [1.807, 2.05) is 6.07 Å². The van der Waals surface area contributed by atoms with Crippen LogP contribution in [0.4, 0.5) is 4.39 Å². The average molecular weight is 282 g/mol. The summed E-state index contributed by atoms with van der Waals surface area (Å²) in [5, 5.41) is 1.19. The van der Waals surface area contributed by atoms with Crippen molar-refractivity contribution in [2.24, 2.45) is 0 Å². The van der Waals surface area contributed by atoms with Crippen LogP contribution >= 0.6 is 15.9 Å². The number of nitrogens with one attached hydrogen (secondary N) is 1. The zero-order valence-electron chi connectivity index (χ0n) is 8.95. The Morgan fingerprint density at radius 2 is 1.94 bits per heavy atom. The summed E-state index contributed by atoms with van der Waals surface area (Å²) >= 11 is 3.32. The molecule has 1 heterocycles. The SMILES string of the molecule is Fc1ccc2c3c([nH]c2c1Br)CCCCC3. The Balaban J connectivity index is 2.28. The Hall–Kier alpha value is -0.830. The van der Waals surface area contributed by atoms with Gasteiger partial charge in [0.2, 0.25) is 0 Å². The van der Waals surface area contributed by atoms with Crippen molar-refractivity contribution in [3.63, 3.8) is 0 Å². The van der Waals surface area contributed by atoms with Gasteiger partial charge in [-0.05, 0) is 59.3 Å². The van der Waals surface area contributed by atoms with Gasteiger partial charge in [0.05, 0.1) is 9.99 Å². The van der Waals surface area contributed by atoms with Crippen LogP contribution < -0.4 is 0 Å². The van der Waals surface area contributed by atoms with E-state index in [1.54, 1.807) is 6.07 Å². The van der Waals surface area contributed by atoms with Gasteiger partial charge >= 0.3 is 0 Å². The molecule has 1 nitrogen and oxygen atoms in total. The smallest absolute Gasteiger partial charge is 0.139 e. The number of benzene rings is 1. The quantitative estimate of drug-likeness (QED) is 0.692. The van der Waals surface area contributed by atoms with Gasteiger partial charge in [0.25, 0.3) is 0 Å². The molecule has 0 atom stereocenters. The number of hydrogen-bond donors (Lipinski definition) is 1. The van der Waals surface area contributed by atoms with Crippen LogP contribution in [0.2, 0.25) is 0 Å². The Labute approximate surface area is 102 Å². The fourth-order valence-corrected chi connectivity index (χ4v) is 3.04. The van der Waals surface area contributed by atoms with Gasteiger partial charge in [-0.1, -0.05) is 6.42 Å². The summed E-state index contributed by atoms with van der Waals surface area (Å²) in [5.41, 5.74) is 3.62. The summed E-state index contributed by atoms with van der Waals surface area (Å²) in [6.07, 6.45) is 5.99. The molecule has 1 aromatic carbocycles. The number of aryl methyl sites for hydroxylation is 2. The van der Waals surface area contributed by atoms with Crippen LogP contribution in [0.5, 0.6) is 0 Å². The molecule has 3 rings (SSSR count). The van der Waals surface area contributed by atoms with Gasteiger partial charge in [0.1, 0.15) is 5.82 Å². The molecule has 0 aliphatic heterocycles. The maximum Gasteiger partial charge on any atom is 0.139 e. The van der Waals surface area contributed by atoms with E-state index in [-0.39, 0.29) is 5.82 Å². The van der Waals surface area contributed by atoms with Crippen molar-refractivity contribution in [2.45, 2.75) is 32.1 Å². The van der Waals surface area contributed by atoms with E-state index < -0.39 is 0 Å². The standard InChI is InChI=1S/C13H13BrFN/c14-12-10(15)7-6-9-8-4-2-1-3-5-11(8)16-13(9)12/h6-7,16H,1-5H2. The van der Waals surface area contributed by atoms with E-state index in [4.69, 9.17) is 0 Å². The summed E-state index contributed by atoms with van der Waals surface area (Å²) in [6.45, 7) is 0. The average Bonchev–Trinajstić information content (AvgIpc) is 2.47. The highest BCUT2D eigenvalue weighted by molar-refractivity contribution is 9.10. The first-order chi connectivity index (χ1) is 7.77. The van der Waals surface area contributed by atoms with Gasteiger partial charge in [0.15, 0.2) is 0 Å². The Kier molecular flexibility index (Phi) is 2.51. The van der Waals surface area contributed by atoms with Crippen LogP contribution in [0.25, 0.3) is 10.9 Å². The van der Waals surface area contributed by atoms with Crippen molar-refractivity contribution in [1.82, 2.24) is 4.98 Å². The molecule has 0 unspecified atom stereocenters. The number of H-pyrrole nitrogens is 1. The minimum Gasteiger partial charge on any atom is -0.357 e. The van der Waals surface area contributed by atoms with Crippen LogP contribution in [0.15, 0.2) is 16.6 Å². The summed E-state index contributed by atoms with van der Waals surface area (Å²) in [6, 6.07) is 3.45. The van der Waals surface area contributed by atoms with Crippen LogP contribution in [0.3, 0.4) is 0 Å². The van der Waals surface area contributed by atoms with E-state index in [9.17, 15) is 4.39 Å². The molecule has 0 saturated carbocycles. The molecule has 0 amide bonds. The molecule has 1 N–H and O–H groups in total. The highest BCUT2D eigenvalue weighted by atomic mass is 79.9. The number of rotatable bonds is 0. The summed E-state index contributed by atoms with van der Waals surface area (Å²) in [5.74, 6) is -0.191. The highest BCUT2D eigenvalue weighted by Gasteiger charge is 2.16. The maximum absolute atomic E-state index is 13.4. The summed E-state index contributed by atoms with van der Waals surface area (Å²) in [7, 11) is 0. The van der Waals surface area contributed by atoms with Crippen molar-refractivity contribution in [3.05, 3.63) is 33.7 Å². The van der Waals surface area contributed by atoms with Crippen molar-refractivity contribution < 1.29 is 4.39 Å². The summed E-state index contributed by atoms with van der Waals surface area (Å²) < 4.78 is 14.0. The Bertz CT molecular complexity index is 544. The maximum atomic E-state index is 13.4. The first-order valence-electron chi connectivity index (χ1n) is 5.75. The summed E-state index contributed by atoms with van der Waals surface area (Å²) in [4.78, 5) is 3.38. The highest BCUT2D eigenvalue weighted by Crippen LogP contribution is 2.33. The van der Waals surface area contributed by atoms with Gasteiger partial charge in [-0.15, -0.1) is 0 Å². The molecule has 16 heavy (non-hydrogen) atoms. The lowest BCUT2D eigenvalue weighted by molar-refractivity contribution is 0.623. The van der Waals surface area contributed by atoms with Crippen molar-refractivity contribution in [1.29, 1.82) is 0 Å². The Morgan fingerprint density at radius 1 is 1.12 bits per heavy atom. The van der Waals surface area contributed by atoms with Gasteiger partial charge in [-0.25, -0.2) is 4.39 Å². The Morgan fingerprint density at radius 3 is 2.81 bits per heavy atom. The molecule has 84 valence electrons. The molecule has 3 heteroatoms. The molecule has 1 aliphatic carbocycles. The second kappa shape index (κ2) is 3.88. The van der Waals surface area contributed by atoms with E-state index in [2.05, 4.69) is 20.9 Å². The number of halogens is 2. The van der Waals surface area contributed by atoms with Crippen molar-refractivity contribution in [3.8, 4) is 0 Å². The predicted molar refractivity (Wildman–Crippen MR) is 67.2 cm³/mol. The van der Waals surface area contributed by atoms with Gasteiger partial charge in [0, 0.05) is 11.1 Å². The molecule has 1 aromatic heterocycles. The molecule has 1 aliphatic rings. The zero-order chi connectivity index (χ0) is 11.1. The lowest BCUT2D eigenvalue weighted by atomic mass is 10.1. The van der Waals surface area contributed by atoms with Crippen LogP contribution in [-0.2, 0) is 12.8 Å². The fourth-order valence-electron chi connectivity index (χ4n) is 2.59. The zero-order valence-corrected chi connectivity index (χ0v) is 10.5.